The van der Waals surface area contributed by atoms with Crippen LogP contribution in [0.1, 0.15) is 16.8 Å². The molecule has 0 aliphatic heterocycles. The van der Waals surface area contributed by atoms with E-state index in [4.69, 9.17) is 14.7 Å². The van der Waals surface area contributed by atoms with Crippen LogP contribution < -0.4 is 10.1 Å². The number of aromatic nitrogens is 3. The van der Waals surface area contributed by atoms with Crippen molar-refractivity contribution in [3.05, 3.63) is 89.6 Å². The van der Waals surface area contributed by atoms with Crippen LogP contribution in [-0.2, 0) is 6.54 Å². The molecule has 0 radical (unpaired) electrons. The first-order valence-corrected chi connectivity index (χ1v) is 10.3. The van der Waals surface area contributed by atoms with Gasteiger partial charge in [-0.2, -0.15) is 10.2 Å². The molecule has 156 valence electrons. The average molecular weight is 419 g/mol. The number of hydrogen-bond acceptors (Lipinski definition) is 5. The monoisotopic (exact) mass is 419 g/mol. The first-order chi connectivity index (χ1) is 15.7. The number of anilines is 1. The van der Waals surface area contributed by atoms with Gasteiger partial charge in [0, 0.05) is 23.0 Å². The van der Waals surface area contributed by atoms with Crippen LogP contribution in [0.4, 0.5) is 5.82 Å². The van der Waals surface area contributed by atoms with E-state index < -0.39 is 0 Å². The molecule has 0 amide bonds. The maximum absolute atomic E-state index is 9.52. The Morgan fingerprint density at radius 1 is 0.969 bits per heavy atom. The highest BCUT2D eigenvalue weighted by Crippen LogP contribution is 2.31. The van der Waals surface area contributed by atoms with Crippen molar-refractivity contribution in [2.45, 2.75) is 13.5 Å². The highest BCUT2D eigenvalue weighted by Gasteiger charge is 2.17. The summed E-state index contributed by atoms with van der Waals surface area (Å²) in [5, 5.41) is 14.8. The van der Waals surface area contributed by atoms with E-state index in [0.717, 1.165) is 38.9 Å². The van der Waals surface area contributed by atoms with Gasteiger partial charge < -0.3 is 10.1 Å². The lowest BCUT2D eigenvalue weighted by atomic mass is 10.1. The number of hydrogen-bond donors (Lipinski definition) is 1. The van der Waals surface area contributed by atoms with Gasteiger partial charge in [-0.3, -0.25) is 4.57 Å². The van der Waals surface area contributed by atoms with Crippen LogP contribution in [0.3, 0.4) is 0 Å². The summed E-state index contributed by atoms with van der Waals surface area (Å²) in [6, 6.07) is 26.0. The molecule has 6 nitrogen and oxygen atoms in total. The Morgan fingerprint density at radius 2 is 1.78 bits per heavy atom. The number of nitrogens with zero attached hydrogens (tertiary/aromatic N) is 4. The summed E-state index contributed by atoms with van der Waals surface area (Å²) in [5.74, 6) is 1.94. The summed E-state index contributed by atoms with van der Waals surface area (Å²) in [6.07, 6.45) is 0. The third-order valence-electron chi connectivity index (χ3n) is 5.55. The van der Waals surface area contributed by atoms with Crippen molar-refractivity contribution in [3.63, 3.8) is 0 Å². The number of nitriles is 1. The second-order valence-corrected chi connectivity index (χ2v) is 7.54. The normalized spacial score (nSPS) is 10.9. The Labute approximate surface area is 185 Å². The molecule has 5 aromatic rings. The standard InChI is InChI=1S/C26H21N5O/c1-17-14-21-19(15-27)10-6-12-22(21)31(17)26-29-24-20(11-7-13-23(24)32-2)25(30-26)28-16-18-8-4-3-5-9-18/h3-14H,16H2,1-2H3,(H,28,29,30). The van der Waals surface area contributed by atoms with Gasteiger partial charge in [0.25, 0.3) is 0 Å². The van der Waals surface area contributed by atoms with Crippen molar-refractivity contribution < 1.29 is 4.74 Å². The molecular weight excluding hydrogens is 398 g/mol. The van der Waals surface area contributed by atoms with Gasteiger partial charge >= 0.3 is 0 Å². The van der Waals surface area contributed by atoms with E-state index in [9.17, 15) is 5.26 Å². The van der Waals surface area contributed by atoms with Crippen molar-refractivity contribution in [3.8, 4) is 17.8 Å². The van der Waals surface area contributed by atoms with Gasteiger partial charge in [0.2, 0.25) is 5.95 Å². The number of ether oxygens (including phenoxy) is 1. The molecule has 1 N–H and O–H groups in total. The number of methoxy groups -OCH3 is 1. The fraction of sp³-hybridized carbons (Fsp3) is 0.115. The smallest absolute Gasteiger partial charge is 0.237 e. The minimum absolute atomic E-state index is 0.528. The van der Waals surface area contributed by atoms with Gasteiger partial charge in [-0.1, -0.05) is 42.5 Å². The van der Waals surface area contributed by atoms with Crippen LogP contribution >= 0.6 is 0 Å². The van der Waals surface area contributed by atoms with E-state index in [-0.39, 0.29) is 0 Å². The summed E-state index contributed by atoms with van der Waals surface area (Å²) < 4.78 is 7.58. The Bertz CT molecular complexity index is 1480. The molecule has 0 unspecified atom stereocenters. The van der Waals surface area contributed by atoms with Gasteiger partial charge in [0.1, 0.15) is 17.1 Å². The molecule has 32 heavy (non-hydrogen) atoms. The first kappa shape index (κ1) is 19.6. The second-order valence-electron chi connectivity index (χ2n) is 7.54. The van der Waals surface area contributed by atoms with Crippen molar-refractivity contribution >= 4 is 27.6 Å². The lowest BCUT2D eigenvalue weighted by molar-refractivity contribution is 0.419. The molecule has 2 heterocycles. The fourth-order valence-corrected chi connectivity index (χ4v) is 4.02. The fourth-order valence-electron chi connectivity index (χ4n) is 4.02. The SMILES string of the molecule is COc1cccc2c(NCc3ccccc3)nc(-n3c(C)cc4c(C#N)cccc43)nc12. The summed E-state index contributed by atoms with van der Waals surface area (Å²) >= 11 is 0. The molecule has 0 atom stereocenters. The van der Waals surface area contributed by atoms with Gasteiger partial charge in [-0.05, 0) is 42.8 Å². The quantitative estimate of drug-likeness (QED) is 0.414. The molecular formula is C26H21N5O. The minimum Gasteiger partial charge on any atom is -0.494 e. The Hall–Kier alpha value is -4.37. The van der Waals surface area contributed by atoms with Crippen LogP contribution in [0.5, 0.6) is 5.75 Å². The Balaban J connectivity index is 1.72. The van der Waals surface area contributed by atoms with E-state index in [1.807, 2.05) is 72.2 Å². The van der Waals surface area contributed by atoms with Gasteiger partial charge in [-0.25, -0.2) is 4.98 Å². The molecule has 0 aliphatic rings. The maximum atomic E-state index is 9.52. The van der Waals surface area contributed by atoms with Crippen molar-refractivity contribution in [1.29, 1.82) is 5.26 Å². The minimum atomic E-state index is 0.528. The summed E-state index contributed by atoms with van der Waals surface area (Å²) in [7, 11) is 1.64. The van der Waals surface area contributed by atoms with E-state index in [0.29, 0.717) is 23.8 Å². The molecule has 5 rings (SSSR count). The zero-order valence-corrected chi connectivity index (χ0v) is 17.8. The van der Waals surface area contributed by atoms with Crippen LogP contribution in [0.25, 0.3) is 27.8 Å². The van der Waals surface area contributed by atoms with Crippen LogP contribution in [0, 0.1) is 18.3 Å². The van der Waals surface area contributed by atoms with Gasteiger partial charge in [0.05, 0.1) is 24.3 Å². The number of rotatable bonds is 5. The topological polar surface area (TPSA) is 75.8 Å². The van der Waals surface area contributed by atoms with Gasteiger partial charge in [-0.15, -0.1) is 0 Å². The molecule has 6 heteroatoms. The number of fused-ring (bicyclic) bond motifs is 2. The van der Waals surface area contributed by atoms with Crippen LogP contribution in [-0.4, -0.2) is 21.6 Å². The van der Waals surface area contributed by atoms with Crippen molar-refractivity contribution in [2.75, 3.05) is 12.4 Å². The molecule has 0 saturated heterocycles. The molecule has 0 bridgehead atoms. The zero-order chi connectivity index (χ0) is 22.1. The molecule has 3 aromatic carbocycles. The lowest BCUT2D eigenvalue weighted by Crippen LogP contribution is -2.09. The van der Waals surface area contributed by atoms with E-state index in [1.165, 1.54) is 0 Å². The number of benzene rings is 3. The zero-order valence-electron chi connectivity index (χ0n) is 17.8. The number of aryl methyl sites for hydroxylation is 1. The first-order valence-electron chi connectivity index (χ1n) is 10.3. The summed E-state index contributed by atoms with van der Waals surface area (Å²) in [6.45, 7) is 2.63. The summed E-state index contributed by atoms with van der Waals surface area (Å²) in [4.78, 5) is 9.78. The van der Waals surface area contributed by atoms with E-state index in [1.54, 1.807) is 7.11 Å². The average Bonchev–Trinajstić information content (AvgIpc) is 3.18. The van der Waals surface area contributed by atoms with E-state index in [2.05, 4.69) is 23.5 Å². The number of nitrogens with one attached hydrogen (secondary N) is 1. The highest BCUT2D eigenvalue weighted by molar-refractivity contribution is 5.94. The predicted octanol–water partition coefficient (Wildman–Crippen LogP) is 5.37. The maximum Gasteiger partial charge on any atom is 0.237 e. The van der Waals surface area contributed by atoms with Crippen molar-refractivity contribution in [2.24, 2.45) is 0 Å². The molecule has 0 spiro atoms. The highest BCUT2D eigenvalue weighted by atomic mass is 16.5. The lowest BCUT2D eigenvalue weighted by Gasteiger charge is -2.14. The van der Waals surface area contributed by atoms with Gasteiger partial charge in [0.15, 0.2) is 0 Å². The molecule has 0 fully saturated rings. The van der Waals surface area contributed by atoms with Crippen LogP contribution in [0.15, 0.2) is 72.8 Å². The Kier molecular flexibility index (Phi) is 4.92. The number of para-hydroxylation sites is 1. The molecule has 2 aromatic heterocycles. The summed E-state index contributed by atoms with van der Waals surface area (Å²) in [5.41, 5.74) is 4.36. The third kappa shape index (κ3) is 3.30. The Morgan fingerprint density at radius 3 is 2.56 bits per heavy atom. The predicted molar refractivity (Wildman–Crippen MR) is 126 cm³/mol. The van der Waals surface area contributed by atoms with E-state index >= 15 is 0 Å². The largest absolute Gasteiger partial charge is 0.494 e. The molecule has 0 saturated carbocycles. The third-order valence-corrected chi connectivity index (χ3v) is 5.55. The molecule has 0 aliphatic carbocycles. The van der Waals surface area contributed by atoms with Crippen molar-refractivity contribution in [1.82, 2.24) is 14.5 Å². The van der Waals surface area contributed by atoms with Crippen LogP contribution in [0.2, 0.25) is 0 Å². The second kappa shape index (κ2) is 8.05.